The Balaban J connectivity index is 2.35. The number of nitrogens with one attached hydrogen (secondary N) is 2. The van der Waals surface area contributed by atoms with Gasteiger partial charge in [0.15, 0.2) is 0 Å². The summed E-state index contributed by atoms with van der Waals surface area (Å²) in [6.45, 7) is 8.39. The fourth-order valence-electron chi connectivity index (χ4n) is 2.17. The topological polar surface area (TPSA) is 75.9 Å². The van der Waals surface area contributed by atoms with E-state index in [4.69, 9.17) is 5.84 Å². The zero-order chi connectivity index (χ0) is 13.3. The van der Waals surface area contributed by atoms with Crippen LogP contribution in [0.25, 0.3) is 0 Å². The Morgan fingerprint density at radius 3 is 2.28 bits per heavy atom. The van der Waals surface area contributed by atoms with E-state index in [0.29, 0.717) is 5.82 Å². The number of nitrogens with zero attached hydrogens (tertiary/aromatic N) is 2. The molecule has 0 amide bonds. The SMILES string of the molecule is Cc1c(NN)nc(C(C)C)nc1NC1(C)CCC1. The summed E-state index contributed by atoms with van der Waals surface area (Å²) in [6, 6.07) is 0. The first-order valence-corrected chi connectivity index (χ1v) is 6.58. The lowest BCUT2D eigenvalue weighted by molar-refractivity contribution is 0.305. The summed E-state index contributed by atoms with van der Waals surface area (Å²) in [7, 11) is 0. The molecule has 1 fully saturated rings. The van der Waals surface area contributed by atoms with E-state index in [1.165, 1.54) is 19.3 Å². The lowest BCUT2D eigenvalue weighted by Crippen LogP contribution is -2.42. The second-order valence-electron chi connectivity index (χ2n) is 5.74. The molecule has 0 aromatic carbocycles. The third kappa shape index (κ3) is 2.41. The van der Waals surface area contributed by atoms with Gasteiger partial charge in [-0.25, -0.2) is 15.8 Å². The smallest absolute Gasteiger partial charge is 0.148 e. The Morgan fingerprint density at radius 2 is 1.83 bits per heavy atom. The summed E-state index contributed by atoms with van der Waals surface area (Å²) in [6.07, 6.45) is 3.67. The lowest BCUT2D eigenvalue weighted by Gasteiger charge is -2.40. The van der Waals surface area contributed by atoms with Crippen LogP contribution >= 0.6 is 0 Å². The van der Waals surface area contributed by atoms with Gasteiger partial charge in [-0.15, -0.1) is 0 Å². The third-order valence-corrected chi connectivity index (χ3v) is 3.69. The van der Waals surface area contributed by atoms with E-state index in [9.17, 15) is 0 Å². The van der Waals surface area contributed by atoms with Crippen LogP contribution in [0, 0.1) is 6.92 Å². The molecule has 1 aromatic heterocycles. The molecule has 1 heterocycles. The number of rotatable bonds is 4. The molecule has 1 aliphatic rings. The number of anilines is 2. The van der Waals surface area contributed by atoms with E-state index in [1.807, 2.05) is 6.92 Å². The van der Waals surface area contributed by atoms with Gasteiger partial charge in [-0.05, 0) is 33.1 Å². The molecule has 100 valence electrons. The standard InChI is InChI=1S/C13H23N5/c1-8(2)10-15-11(9(3)12(16-10)18-14)17-13(4)6-5-7-13/h8H,5-7,14H2,1-4H3,(H2,15,16,17,18). The summed E-state index contributed by atoms with van der Waals surface area (Å²) >= 11 is 0. The van der Waals surface area contributed by atoms with Gasteiger partial charge < -0.3 is 10.7 Å². The quantitative estimate of drug-likeness (QED) is 0.565. The molecular weight excluding hydrogens is 226 g/mol. The van der Waals surface area contributed by atoms with Gasteiger partial charge in [-0.3, -0.25) is 0 Å². The van der Waals surface area contributed by atoms with E-state index in [-0.39, 0.29) is 11.5 Å². The molecule has 0 unspecified atom stereocenters. The average Bonchev–Trinajstić information content (AvgIpc) is 2.29. The van der Waals surface area contributed by atoms with Gasteiger partial charge in [0.2, 0.25) is 0 Å². The predicted octanol–water partition coefficient (Wildman–Crippen LogP) is 2.55. The highest BCUT2D eigenvalue weighted by Crippen LogP contribution is 2.36. The van der Waals surface area contributed by atoms with Gasteiger partial charge in [0.1, 0.15) is 17.5 Å². The van der Waals surface area contributed by atoms with Crippen molar-refractivity contribution in [3.8, 4) is 0 Å². The van der Waals surface area contributed by atoms with E-state index in [0.717, 1.165) is 17.2 Å². The summed E-state index contributed by atoms with van der Waals surface area (Å²) < 4.78 is 0. The summed E-state index contributed by atoms with van der Waals surface area (Å²) in [5, 5.41) is 3.55. The first-order chi connectivity index (χ1) is 8.45. The largest absolute Gasteiger partial charge is 0.365 e. The normalized spacial score (nSPS) is 17.4. The molecule has 1 saturated carbocycles. The zero-order valence-electron chi connectivity index (χ0n) is 11.7. The number of hydrogen-bond donors (Lipinski definition) is 3. The molecule has 18 heavy (non-hydrogen) atoms. The molecular formula is C13H23N5. The van der Waals surface area contributed by atoms with Crippen LogP contribution in [0.5, 0.6) is 0 Å². The fourth-order valence-corrected chi connectivity index (χ4v) is 2.17. The van der Waals surface area contributed by atoms with Crippen LogP contribution < -0.4 is 16.6 Å². The minimum atomic E-state index is 0.180. The first-order valence-electron chi connectivity index (χ1n) is 6.58. The maximum Gasteiger partial charge on any atom is 0.148 e. The Morgan fingerprint density at radius 1 is 1.22 bits per heavy atom. The van der Waals surface area contributed by atoms with Crippen molar-refractivity contribution in [3.05, 3.63) is 11.4 Å². The molecule has 0 saturated heterocycles. The molecule has 2 rings (SSSR count). The fraction of sp³-hybridized carbons (Fsp3) is 0.692. The number of nitrogen functional groups attached to an aromatic ring is 1. The van der Waals surface area contributed by atoms with E-state index >= 15 is 0 Å². The lowest BCUT2D eigenvalue weighted by atomic mass is 9.78. The monoisotopic (exact) mass is 249 g/mol. The Hall–Kier alpha value is -1.36. The third-order valence-electron chi connectivity index (χ3n) is 3.69. The van der Waals surface area contributed by atoms with Gasteiger partial charge in [-0.1, -0.05) is 13.8 Å². The second kappa shape index (κ2) is 4.72. The number of aromatic nitrogens is 2. The zero-order valence-corrected chi connectivity index (χ0v) is 11.7. The molecule has 1 aromatic rings. The molecule has 1 aliphatic carbocycles. The Kier molecular flexibility index (Phi) is 3.43. The summed E-state index contributed by atoms with van der Waals surface area (Å²) in [4.78, 5) is 9.07. The summed E-state index contributed by atoms with van der Waals surface area (Å²) in [5.74, 6) is 8.25. The van der Waals surface area contributed by atoms with Crippen LogP contribution in [0.3, 0.4) is 0 Å². The van der Waals surface area contributed by atoms with Gasteiger partial charge in [0, 0.05) is 17.0 Å². The van der Waals surface area contributed by atoms with E-state index in [1.54, 1.807) is 0 Å². The Bertz CT molecular complexity index is 437. The first kappa shape index (κ1) is 13.1. The van der Waals surface area contributed by atoms with E-state index in [2.05, 4.69) is 41.5 Å². The van der Waals surface area contributed by atoms with Crippen molar-refractivity contribution in [3.63, 3.8) is 0 Å². The number of hydrazine groups is 1. The van der Waals surface area contributed by atoms with Gasteiger partial charge in [-0.2, -0.15) is 0 Å². The highest BCUT2D eigenvalue weighted by molar-refractivity contribution is 5.58. The molecule has 0 bridgehead atoms. The number of hydrogen-bond acceptors (Lipinski definition) is 5. The van der Waals surface area contributed by atoms with Gasteiger partial charge >= 0.3 is 0 Å². The van der Waals surface area contributed by atoms with Crippen LogP contribution in [0.2, 0.25) is 0 Å². The predicted molar refractivity (Wildman–Crippen MR) is 74.5 cm³/mol. The summed E-state index contributed by atoms with van der Waals surface area (Å²) in [5.41, 5.74) is 3.82. The van der Waals surface area contributed by atoms with Gasteiger partial charge in [0.25, 0.3) is 0 Å². The van der Waals surface area contributed by atoms with Crippen LogP contribution in [0.15, 0.2) is 0 Å². The van der Waals surface area contributed by atoms with Crippen LogP contribution in [-0.2, 0) is 0 Å². The van der Waals surface area contributed by atoms with Crippen LogP contribution in [0.1, 0.15) is 57.3 Å². The highest BCUT2D eigenvalue weighted by Gasteiger charge is 2.32. The maximum atomic E-state index is 5.53. The van der Waals surface area contributed by atoms with Crippen molar-refractivity contribution in [1.29, 1.82) is 0 Å². The molecule has 0 radical (unpaired) electrons. The molecule has 5 heteroatoms. The Labute approximate surface area is 109 Å². The van der Waals surface area contributed by atoms with Crippen molar-refractivity contribution >= 4 is 11.6 Å². The molecule has 5 nitrogen and oxygen atoms in total. The minimum absolute atomic E-state index is 0.180. The van der Waals surface area contributed by atoms with Crippen molar-refractivity contribution < 1.29 is 0 Å². The van der Waals surface area contributed by atoms with Crippen LogP contribution in [-0.4, -0.2) is 15.5 Å². The number of nitrogens with two attached hydrogens (primary N) is 1. The highest BCUT2D eigenvalue weighted by atomic mass is 15.3. The average molecular weight is 249 g/mol. The van der Waals surface area contributed by atoms with Crippen molar-refractivity contribution in [2.45, 2.75) is 58.4 Å². The molecule has 0 atom stereocenters. The van der Waals surface area contributed by atoms with Crippen molar-refractivity contribution in [2.75, 3.05) is 10.7 Å². The molecule has 0 spiro atoms. The van der Waals surface area contributed by atoms with Crippen LogP contribution in [0.4, 0.5) is 11.6 Å². The van der Waals surface area contributed by atoms with Crippen molar-refractivity contribution in [1.82, 2.24) is 9.97 Å². The molecule has 0 aliphatic heterocycles. The maximum absolute atomic E-state index is 5.53. The molecule has 4 N–H and O–H groups in total. The van der Waals surface area contributed by atoms with Gasteiger partial charge in [0.05, 0.1) is 0 Å². The second-order valence-corrected chi connectivity index (χ2v) is 5.74. The minimum Gasteiger partial charge on any atom is -0.365 e. The van der Waals surface area contributed by atoms with E-state index < -0.39 is 0 Å². The van der Waals surface area contributed by atoms with Crippen molar-refractivity contribution in [2.24, 2.45) is 5.84 Å².